The summed E-state index contributed by atoms with van der Waals surface area (Å²) in [5.74, 6) is 0.0246. The third-order valence-electron chi connectivity index (χ3n) is 5.68. The number of aliphatic imine (C=N–C) groups is 1. The van der Waals surface area contributed by atoms with Crippen LogP contribution >= 0.6 is 63.7 Å². The van der Waals surface area contributed by atoms with Gasteiger partial charge in [0.2, 0.25) is 0 Å². The number of ether oxygens (including phenoxy) is 3. The molecule has 0 bridgehead atoms. The van der Waals surface area contributed by atoms with Crippen molar-refractivity contribution in [2.24, 2.45) is 4.99 Å². The molecule has 1 fully saturated rings. The molecule has 0 spiro atoms. The Morgan fingerprint density at radius 2 is 1.53 bits per heavy atom. The van der Waals surface area contributed by atoms with Gasteiger partial charge in [-0.15, -0.1) is 0 Å². The number of aliphatic carboxylic acids is 1. The number of benzene rings is 1. The van der Waals surface area contributed by atoms with Gasteiger partial charge >= 0.3 is 18.1 Å². The Hall–Kier alpha value is -0.0761. The van der Waals surface area contributed by atoms with Gasteiger partial charge in [0.1, 0.15) is 17.8 Å². The molecule has 2 aliphatic rings. The molecule has 0 aliphatic carbocycles. The van der Waals surface area contributed by atoms with Gasteiger partial charge in [0, 0.05) is 58.8 Å². The number of unbranched alkanes of at least 4 members (excludes halogenated alkanes) is 2. The van der Waals surface area contributed by atoms with Gasteiger partial charge in [0.25, 0.3) is 0 Å². The smallest absolute Gasteiger partial charge is 0.481 e. The first-order valence-corrected chi connectivity index (χ1v) is 17.5. The number of halogens is 4. The molecule has 0 aromatic heterocycles. The van der Waals surface area contributed by atoms with Crippen molar-refractivity contribution in [3.8, 4) is 5.75 Å². The number of aryl methyl sites for hydroxylation is 1. The van der Waals surface area contributed by atoms with E-state index in [0.29, 0.717) is 5.75 Å². The van der Waals surface area contributed by atoms with Gasteiger partial charge in [-0.25, -0.2) is 4.79 Å². The number of methoxy groups -OCH3 is 1. The van der Waals surface area contributed by atoms with Crippen LogP contribution in [0.15, 0.2) is 29.3 Å². The monoisotopic (exact) mass is 967 g/mol. The molecular weight excluding hydrogens is 921 g/mol. The molecule has 2 aliphatic heterocycles. The molecule has 1 aromatic rings. The predicted molar refractivity (Wildman–Crippen MR) is 193 cm³/mol. The summed E-state index contributed by atoms with van der Waals surface area (Å²) in [4.78, 5) is 38.2. The van der Waals surface area contributed by atoms with Crippen LogP contribution in [0.1, 0.15) is 98.5 Å². The van der Waals surface area contributed by atoms with E-state index in [2.05, 4.69) is 85.3 Å². The van der Waals surface area contributed by atoms with E-state index in [1.165, 1.54) is 75.9 Å². The summed E-state index contributed by atoms with van der Waals surface area (Å²) in [6.07, 6.45) is 10.1. The molecule has 45 heavy (non-hydrogen) atoms. The minimum absolute atomic E-state index is 0. The molecule has 1 aromatic carbocycles. The van der Waals surface area contributed by atoms with E-state index in [1.54, 1.807) is 0 Å². The number of carboxylic acid groups (broad SMARTS) is 1. The van der Waals surface area contributed by atoms with Crippen LogP contribution in [0.4, 0.5) is 4.79 Å². The zero-order chi connectivity index (χ0) is 32.9. The zero-order valence-corrected chi connectivity index (χ0v) is 35.6. The van der Waals surface area contributed by atoms with Crippen LogP contribution < -0.4 is 4.74 Å². The molecule has 0 amide bonds. The first-order valence-electron chi connectivity index (χ1n) is 14.4. The van der Waals surface area contributed by atoms with Crippen molar-refractivity contribution in [1.29, 1.82) is 0 Å². The fourth-order valence-electron chi connectivity index (χ4n) is 3.81. The molecule has 9 nitrogen and oxygen atoms in total. The van der Waals surface area contributed by atoms with E-state index in [0.717, 1.165) is 20.1 Å². The first kappa shape index (κ1) is 49.3. The average Bonchev–Trinajstić information content (AvgIpc) is 3.14. The summed E-state index contributed by atoms with van der Waals surface area (Å²) >= 11 is 12.5. The van der Waals surface area contributed by atoms with Crippen LogP contribution in [0.25, 0.3) is 0 Å². The maximum Gasteiger partial charge on any atom is 0.514 e. The number of amidine groups is 1. The molecule has 0 saturated carbocycles. The van der Waals surface area contributed by atoms with Gasteiger partial charge in [-0.2, -0.15) is 0 Å². The number of rotatable bonds is 7. The predicted octanol–water partition coefficient (Wildman–Crippen LogP) is 9.84. The number of nitrogens with zero attached hydrogens (tertiary/aromatic N) is 2. The molecule has 1 saturated heterocycles. The Morgan fingerprint density at radius 1 is 0.956 bits per heavy atom. The molecular formula is C31H50Br4N2O7Y. The molecule has 257 valence electrons. The van der Waals surface area contributed by atoms with Gasteiger partial charge in [0.05, 0.1) is 12.9 Å². The SMILES string of the molecule is BrC(Br)(Br)Br.C.C1CCC2=NCCCN2CC1.CCCCCc1ccc(OC(=O)OC(C)(C)C)cc1.COC(=O)CC(=O)O.[Y]. The molecule has 2 heterocycles. The topological polar surface area (TPSA) is 115 Å². The van der Waals surface area contributed by atoms with Crippen LogP contribution in [0.3, 0.4) is 0 Å². The molecule has 3 rings (SSSR count). The van der Waals surface area contributed by atoms with Crippen molar-refractivity contribution in [3.05, 3.63) is 29.8 Å². The number of alkyl halides is 4. The third-order valence-corrected chi connectivity index (χ3v) is 5.68. The second kappa shape index (κ2) is 27.8. The largest absolute Gasteiger partial charge is 0.514 e. The Morgan fingerprint density at radius 3 is 2.02 bits per heavy atom. The van der Waals surface area contributed by atoms with Gasteiger partial charge in [-0.3, -0.25) is 14.6 Å². The average molecular weight is 971 g/mol. The number of carbonyl (C=O) groups is 3. The Balaban J connectivity index is -0.000000577. The molecule has 1 N–H and O–H groups in total. The van der Waals surface area contributed by atoms with Gasteiger partial charge in [0.15, 0.2) is 1.05 Å². The summed E-state index contributed by atoms with van der Waals surface area (Å²) in [5, 5.41) is 7.91. The molecule has 0 unspecified atom stereocenters. The second-order valence-electron chi connectivity index (χ2n) is 10.7. The van der Waals surface area contributed by atoms with E-state index in [4.69, 9.17) is 14.6 Å². The maximum absolute atomic E-state index is 11.5. The summed E-state index contributed by atoms with van der Waals surface area (Å²) in [7, 11) is 1.14. The fourth-order valence-corrected chi connectivity index (χ4v) is 3.81. The van der Waals surface area contributed by atoms with Crippen molar-refractivity contribution < 1.29 is 66.4 Å². The van der Waals surface area contributed by atoms with Crippen molar-refractivity contribution >= 4 is 87.6 Å². The number of carbonyl (C=O) groups excluding carboxylic acids is 2. The van der Waals surface area contributed by atoms with Crippen LogP contribution in [-0.4, -0.2) is 67.3 Å². The van der Waals surface area contributed by atoms with E-state index in [9.17, 15) is 14.4 Å². The number of carboxylic acids is 1. The summed E-state index contributed by atoms with van der Waals surface area (Å²) in [5.41, 5.74) is 0.738. The second-order valence-corrected chi connectivity index (χ2v) is 21.8. The Bertz CT molecular complexity index is 980. The minimum Gasteiger partial charge on any atom is -0.481 e. The van der Waals surface area contributed by atoms with Crippen molar-refractivity contribution in [2.75, 3.05) is 26.7 Å². The van der Waals surface area contributed by atoms with E-state index >= 15 is 0 Å². The third kappa shape index (κ3) is 32.3. The van der Waals surface area contributed by atoms with Crippen LogP contribution in [0, 0.1) is 0 Å². The molecule has 0 atom stereocenters. The van der Waals surface area contributed by atoms with E-state index in [1.807, 2.05) is 45.0 Å². The maximum atomic E-state index is 11.5. The van der Waals surface area contributed by atoms with E-state index in [-0.39, 0.29) is 41.2 Å². The first-order chi connectivity index (χ1) is 20.0. The van der Waals surface area contributed by atoms with Crippen molar-refractivity contribution in [3.63, 3.8) is 0 Å². The van der Waals surface area contributed by atoms with Crippen LogP contribution in [0.2, 0.25) is 0 Å². The summed E-state index contributed by atoms with van der Waals surface area (Å²) in [6.45, 7) is 11.2. The van der Waals surface area contributed by atoms with Gasteiger partial charge in [-0.05, 0) is 134 Å². The summed E-state index contributed by atoms with van der Waals surface area (Å²) < 4.78 is 14.0. The van der Waals surface area contributed by atoms with Gasteiger partial charge < -0.3 is 24.2 Å². The van der Waals surface area contributed by atoms with Crippen molar-refractivity contribution in [2.45, 2.75) is 106 Å². The standard InChI is InChI=1S/C16H24O3.C9H16N2.C4H6O4.CBr4.CH4.Y/c1-5-6-7-8-13-9-11-14(12-10-13)18-15(17)19-16(2,3)4;1-2-5-9-10-6-4-8-11(9)7-3-1;1-8-4(7)2-3(5)6;2-1(3,4)5;;/h9-12H,5-8H2,1-4H3;1-8H2;2H2,1H3,(H,5,6);;1H4;. The van der Waals surface area contributed by atoms with Gasteiger partial charge in [-0.1, -0.05) is 45.7 Å². The normalized spacial score (nSPS) is 13.7. The number of hydrogen-bond donors (Lipinski definition) is 1. The Labute approximate surface area is 329 Å². The quantitative estimate of drug-likeness (QED) is 0.0945. The van der Waals surface area contributed by atoms with Crippen LogP contribution in [0.5, 0.6) is 5.75 Å². The molecule has 1 radical (unpaired) electrons. The van der Waals surface area contributed by atoms with Crippen molar-refractivity contribution in [1.82, 2.24) is 4.90 Å². The summed E-state index contributed by atoms with van der Waals surface area (Å²) in [6, 6.07) is 7.61. The Kier molecular flexibility index (Phi) is 30.5. The van der Waals surface area contributed by atoms with E-state index < -0.39 is 30.1 Å². The number of fused-ring (bicyclic) bond motifs is 1. The molecule has 14 heteroatoms. The number of esters is 1. The minimum atomic E-state index is -1.17. The zero-order valence-electron chi connectivity index (χ0n) is 26.4. The van der Waals surface area contributed by atoms with Crippen LogP contribution in [-0.2, 0) is 58.2 Å². The fraction of sp³-hybridized carbons (Fsp3) is 0.677. The number of hydrogen-bond acceptors (Lipinski definition) is 8.